The molecule has 1 amide bonds. The lowest BCUT2D eigenvalue weighted by molar-refractivity contribution is -0.122. The average molecular weight is 307 g/mol. The summed E-state index contributed by atoms with van der Waals surface area (Å²) in [4.78, 5) is 15.3. The van der Waals surface area contributed by atoms with Crippen LogP contribution in [0.3, 0.4) is 0 Å². The molecule has 0 aliphatic heterocycles. The Labute approximate surface area is 127 Å². The number of amides is 1. The van der Waals surface area contributed by atoms with Crippen molar-refractivity contribution in [3.8, 4) is 11.5 Å². The third-order valence-corrected chi connectivity index (χ3v) is 2.85. The minimum atomic E-state index is -0.188. The molecule has 1 aromatic carbocycles. The van der Waals surface area contributed by atoms with Gasteiger partial charge in [-0.15, -0.1) is 0 Å². The number of hydrogen-bond acceptors (Lipinski definition) is 4. The van der Waals surface area contributed by atoms with E-state index in [0.29, 0.717) is 23.1 Å². The molecule has 2 aromatic rings. The van der Waals surface area contributed by atoms with Crippen LogP contribution in [0.4, 0.5) is 0 Å². The minimum Gasteiger partial charge on any atom is -0.487 e. The number of pyridine rings is 1. The monoisotopic (exact) mass is 306 g/mol. The maximum absolute atomic E-state index is 11.1. The molecule has 0 aliphatic carbocycles. The third kappa shape index (κ3) is 4.96. The van der Waals surface area contributed by atoms with Crippen molar-refractivity contribution in [1.29, 1.82) is 0 Å². The molecule has 6 heteroatoms. The minimum absolute atomic E-state index is 0.0291. The van der Waals surface area contributed by atoms with Crippen molar-refractivity contribution in [2.24, 2.45) is 0 Å². The van der Waals surface area contributed by atoms with Gasteiger partial charge in [-0.25, -0.2) is 0 Å². The SMILES string of the molecule is CNC(=O)COc1cccc(OCc2ccc(Cl)cn2)c1. The Morgan fingerprint density at radius 2 is 2.00 bits per heavy atom. The van der Waals surface area contributed by atoms with Crippen LogP contribution in [0.1, 0.15) is 5.69 Å². The molecule has 2 rings (SSSR count). The standard InChI is InChI=1S/C15H15ClN2O3/c1-17-15(19)10-21-14-4-2-3-13(7-14)20-9-12-6-5-11(16)8-18-12/h2-8H,9-10H2,1H3,(H,17,19). The second-order valence-corrected chi connectivity index (χ2v) is 4.63. The number of ether oxygens (including phenoxy) is 2. The summed E-state index contributed by atoms with van der Waals surface area (Å²) in [6.45, 7) is 0.300. The molecule has 1 heterocycles. The van der Waals surface area contributed by atoms with Gasteiger partial charge < -0.3 is 14.8 Å². The summed E-state index contributed by atoms with van der Waals surface area (Å²) in [5.41, 5.74) is 0.774. The van der Waals surface area contributed by atoms with Crippen LogP contribution < -0.4 is 14.8 Å². The number of rotatable bonds is 6. The molecule has 0 unspecified atom stereocenters. The number of halogens is 1. The lowest BCUT2D eigenvalue weighted by Crippen LogP contribution is -2.24. The molecule has 0 aliphatic rings. The van der Waals surface area contributed by atoms with E-state index in [1.54, 1.807) is 43.6 Å². The van der Waals surface area contributed by atoms with Crippen LogP contribution >= 0.6 is 11.6 Å². The zero-order chi connectivity index (χ0) is 15.1. The zero-order valence-electron chi connectivity index (χ0n) is 11.5. The Bertz CT molecular complexity index is 602. The molecular formula is C15H15ClN2O3. The molecule has 5 nitrogen and oxygen atoms in total. The summed E-state index contributed by atoms with van der Waals surface area (Å²) >= 11 is 5.77. The van der Waals surface area contributed by atoms with Gasteiger partial charge >= 0.3 is 0 Å². The molecule has 0 radical (unpaired) electrons. The van der Waals surface area contributed by atoms with Gasteiger partial charge in [0.2, 0.25) is 0 Å². The van der Waals surface area contributed by atoms with E-state index in [0.717, 1.165) is 5.69 Å². The normalized spacial score (nSPS) is 10.0. The maximum atomic E-state index is 11.1. The van der Waals surface area contributed by atoms with E-state index >= 15 is 0 Å². The van der Waals surface area contributed by atoms with Gasteiger partial charge in [-0.3, -0.25) is 9.78 Å². The first-order valence-electron chi connectivity index (χ1n) is 6.34. The molecule has 0 saturated heterocycles. The van der Waals surface area contributed by atoms with Crippen molar-refractivity contribution in [2.75, 3.05) is 13.7 Å². The van der Waals surface area contributed by atoms with Gasteiger partial charge in [-0.1, -0.05) is 17.7 Å². The van der Waals surface area contributed by atoms with Crippen molar-refractivity contribution < 1.29 is 14.3 Å². The summed E-state index contributed by atoms with van der Waals surface area (Å²) in [7, 11) is 1.56. The van der Waals surface area contributed by atoms with Gasteiger partial charge in [-0.2, -0.15) is 0 Å². The number of nitrogens with zero attached hydrogens (tertiary/aromatic N) is 1. The molecule has 0 bridgehead atoms. The van der Waals surface area contributed by atoms with Crippen molar-refractivity contribution in [2.45, 2.75) is 6.61 Å². The van der Waals surface area contributed by atoms with Gasteiger partial charge in [0.15, 0.2) is 6.61 Å². The van der Waals surface area contributed by atoms with Gasteiger partial charge in [0.05, 0.1) is 10.7 Å². The fourth-order valence-electron chi connectivity index (χ4n) is 1.52. The second kappa shape index (κ2) is 7.50. The molecule has 0 spiro atoms. The predicted molar refractivity (Wildman–Crippen MR) is 79.6 cm³/mol. The smallest absolute Gasteiger partial charge is 0.257 e. The largest absolute Gasteiger partial charge is 0.487 e. The van der Waals surface area contributed by atoms with E-state index < -0.39 is 0 Å². The number of benzene rings is 1. The number of carbonyl (C=O) groups is 1. The molecule has 1 aromatic heterocycles. The van der Waals surface area contributed by atoms with Gasteiger partial charge in [-0.05, 0) is 24.3 Å². The summed E-state index contributed by atoms with van der Waals surface area (Å²) in [6, 6.07) is 10.6. The molecule has 1 N–H and O–H groups in total. The van der Waals surface area contributed by atoms with Gasteiger partial charge in [0, 0.05) is 19.3 Å². The Morgan fingerprint density at radius 1 is 1.24 bits per heavy atom. The number of likely N-dealkylation sites (N-methyl/N-ethyl adjacent to an activating group) is 1. The fourth-order valence-corrected chi connectivity index (χ4v) is 1.64. The van der Waals surface area contributed by atoms with Crippen LogP contribution in [-0.4, -0.2) is 24.5 Å². The van der Waals surface area contributed by atoms with Crippen LogP contribution in [0.2, 0.25) is 5.02 Å². The maximum Gasteiger partial charge on any atom is 0.257 e. The molecular weight excluding hydrogens is 292 g/mol. The number of aromatic nitrogens is 1. The summed E-state index contributed by atoms with van der Waals surface area (Å²) < 4.78 is 11.0. The fraction of sp³-hybridized carbons (Fsp3) is 0.200. The molecule has 110 valence electrons. The van der Waals surface area contributed by atoms with Crippen LogP contribution in [0.15, 0.2) is 42.6 Å². The first-order valence-corrected chi connectivity index (χ1v) is 6.72. The van der Waals surface area contributed by atoms with E-state index in [2.05, 4.69) is 10.3 Å². The predicted octanol–water partition coefficient (Wildman–Crippen LogP) is 2.44. The van der Waals surface area contributed by atoms with E-state index in [4.69, 9.17) is 21.1 Å². The number of carbonyl (C=O) groups excluding carboxylic acids is 1. The Morgan fingerprint density at radius 3 is 2.67 bits per heavy atom. The quantitative estimate of drug-likeness (QED) is 0.890. The molecule has 0 atom stereocenters. The van der Waals surface area contributed by atoms with Crippen LogP contribution in [0, 0.1) is 0 Å². The lowest BCUT2D eigenvalue weighted by atomic mass is 10.3. The van der Waals surface area contributed by atoms with E-state index in [-0.39, 0.29) is 12.5 Å². The highest BCUT2D eigenvalue weighted by atomic mass is 35.5. The van der Waals surface area contributed by atoms with E-state index in [1.165, 1.54) is 0 Å². The Hall–Kier alpha value is -2.27. The van der Waals surface area contributed by atoms with Crippen molar-refractivity contribution in [3.05, 3.63) is 53.3 Å². The Balaban J connectivity index is 1.91. The zero-order valence-corrected chi connectivity index (χ0v) is 12.3. The van der Waals surface area contributed by atoms with E-state index in [1.807, 2.05) is 6.07 Å². The highest BCUT2D eigenvalue weighted by Crippen LogP contribution is 2.20. The van der Waals surface area contributed by atoms with Crippen LogP contribution in [0.25, 0.3) is 0 Å². The molecule has 0 fully saturated rings. The van der Waals surface area contributed by atoms with Crippen molar-refractivity contribution in [3.63, 3.8) is 0 Å². The van der Waals surface area contributed by atoms with Gasteiger partial charge in [0.1, 0.15) is 18.1 Å². The van der Waals surface area contributed by atoms with Gasteiger partial charge in [0.25, 0.3) is 5.91 Å². The highest BCUT2D eigenvalue weighted by Gasteiger charge is 2.02. The van der Waals surface area contributed by atoms with Crippen LogP contribution in [-0.2, 0) is 11.4 Å². The van der Waals surface area contributed by atoms with Crippen molar-refractivity contribution in [1.82, 2.24) is 10.3 Å². The number of hydrogen-bond donors (Lipinski definition) is 1. The first kappa shape index (κ1) is 15.1. The molecule has 0 saturated carbocycles. The highest BCUT2D eigenvalue weighted by molar-refractivity contribution is 6.30. The van der Waals surface area contributed by atoms with Crippen LogP contribution in [0.5, 0.6) is 11.5 Å². The Kier molecular flexibility index (Phi) is 5.40. The first-order chi connectivity index (χ1) is 10.2. The average Bonchev–Trinajstić information content (AvgIpc) is 2.52. The van der Waals surface area contributed by atoms with Crippen molar-refractivity contribution >= 4 is 17.5 Å². The lowest BCUT2D eigenvalue weighted by Gasteiger charge is -2.09. The summed E-state index contributed by atoms with van der Waals surface area (Å²) in [5, 5.41) is 3.07. The summed E-state index contributed by atoms with van der Waals surface area (Å²) in [5.74, 6) is 1.02. The topological polar surface area (TPSA) is 60.5 Å². The summed E-state index contributed by atoms with van der Waals surface area (Å²) in [6.07, 6.45) is 1.57. The second-order valence-electron chi connectivity index (χ2n) is 4.19. The molecule has 21 heavy (non-hydrogen) atoms. The third-order valence-electron chi connectivity index (χ3n) is 2.63. The van der Waals surface area contributed by atoms with E-state index in [9.17, 15) is 4.79 Å². The number of nitrogens with one attached hydrogen (secondary N) is 1.